The molecule has 0 aromatic carbocycles. The molecule has 13 heavy (non-hydrogen) atoms. The molecular weight excluding hydrogens is 204 g/mol. The number of carbonyl (C=O) groups is 1. The summed E-state index contributed by atoms with van der Waals surface area (Å²) in [7, 11) is 0. The van der Waals surface area contributed by atoms with Crippen molar-refractivity contribution in [2.45, 2.75) is 24.0 Å². The fourth-order valence-corrected chi connectivity index (χ4v) is 2.99. The summed E-state index contributed by atoms with van der Waals surface area (Å²) in [6.45, 7) is 2.14. The number of rotatable bonds is 5. The molecule has 4 heteroatoms. The van der Waals surface area contributed by atoms with Crippen LogP contribution in [-0.2, 0) is 11.2 Å². The average molecular weight is 216 g/mol. The van der Waals surface area contributed by atoms with Crippen LogP contribution >= 0.6 is 23.1 Å². The Bertz CT molecular complexity index is 281. The number of thioether (sulfide) groups is 1. The van der Waals surface area contributed by atoms with E-state index in [9.17, 15) is 4.79 Å². The topological polar surface area (TPSA) is 37.3 Å². The molecule has 0 saturated carbocycles. The summed E-state index contributed by atoms with van der Waals surface area (Å²) >= 11 is 3.38. The minimum atomic E-state index is -0.756. The lowest BCUT2D eigenvalue weighted by Gasteiger charge is -1.92. The molecule has 0 aliphatic carbocycles. The van der Waals surface area contributed by atoms with Crippen LogP contribution in [-0.4, -0.2) is 16.8 Å². The molecule has 0 amide bonds. The van der Waals surface area contributed by atoms with Crippen molar-refractivity contribution in [2.24, 2.45) is 0 Å². The van der Waals surface area contributed by atoms with Crippen LogP contribution in [0.5, 0.6) is 0 Å². The highest BCUT2D eigenvalue weighted by Crippen LogP contribution is 2.27. The fourth-order valence-electron chi connectivity index (χ4n) is 0.883. The van der Waals surface area contributed by atoms with E-state index in [1.807, 2.05) is 12.1 Å². The molecule has 1 aromatic heterocycles. The predicted octanol–water partition coefficient (Wildman–Crippen LogP) is 2.88. The van der Waals surface area contributed by atoms with Gasteiger partial charge in [0.25, 0.3) is 0 Å². The number of hydrogen-bond donors (Lipinski definition) is 1. The normalized spacial score (nSPS) is 10.2. The summed E-state index contributed by atoms with van der Waals surface area (Å²) in [4.78, 5) is 11.3. The van der Waals surface area contributed by atoms with Crippen molar-refractivity contribution in [3.63, 3.8) is 0 Å². The highest BCUT2D eigenvalue weighted by atomic mass is 32.2. The van der Waals surface area contributed by atoms with Gasteiger partial charge < -0.3 is 5.11 Å². The van der Waals surface area contributed by atoms with Crippen molar-refractivity contribution < 1.29 is 9.90 Å². The smallest absolute Gasteiger partial charge is 0.308 e. The van der Waals surface area contributed by atoms with E-state index >= 15 is 0 Å². The van der Waals surface area contributed by atoms with Crippen LogP contribution in [0.4, 0.5) is 0 Å². The van der Waals surface area contributed by atoms with E-state index in [4.69, 9.17) is 5.11 Å². The molecule has 1 N–H and O–H groups in total. The third kappa shape index (κ3) is 3.83. The van der Waals surface area contributed by atoms with Gasteiger partial charge in [-0.05, 0) is 24.3 Å². The van der Waals surface area contributed by atoms with E-state index in [2.05, 4.69) is 6.92 Å². The van der Waals surface area contributed by atoms with Crippen molar-refractivity contribution in [3.05, 3.63) is 17.0 Å². The van der Waals surface area contributed by atoms with Gasteiger partial charge >= 0.3 is 5.97 Å². The van der Waals surface area contributed by atoms with Gasteiger partial charge in [0.15, 0.2) is 0 Å². The van der Waals surface area contributed by atoms with E-state index < -0.39 is 5.97 Å². The molecular formula is C9H12O2S2. The second kappa shape index (κ2) is 5.29. The molecule has 2 nitrogen and oxygen atoms in total. The number of carboxylic acids is 1. The predicted molar refractivity (Wildman–Crippen MR) is 56.7 cm³/mol. The lowest BCUT2D eigenvalue weighted by molar-refractivity contribution is -0.136. The second-order valence-corrected chi connectivity index (χ2v) is 5.20. The average Bonchev–Trinajstić information content (AvgIpc) is 2.48. The summed E-state index contributed by atoms with van der Waals surface area (Å²) < 4.78 is 1.22. The molecule has 0 saturated heterocycles. The van der Waals surface area contributed by atoms with Gasteiger partial charge in [-0.1, -0.05) is 6.92 Å². The summed E-state index contributed by atoms with van der Waals surface area (Å²) in [6.07, 6.45) is 1.30. The number of hydrogen-bond acceptors (Lipinski definition) is 3. The zero-order valence-electron chi connectivity index (χ0n) is 7.45. The Labute approximate surface area is 86.0 Å². The van der Waals surface area contributed by atoms with Crippen molar-refractivity contribution in [3.8, 4) is 0 Å². The van der Waals surface area contributed by atoms with E-state index in [0.717, 1.165) is 17.1 Å². The van der Waals surface area contributed by atoms with Crippen molar-refractivity contribution in [1.82, 2.24) is 0 Å². The van der Waals surface area contributed by atoms with E-state index in [1.54, 1.807) is 23.1 Å². The summed E-state index contributed by atoms with van der Waals surface area (Å²) in [6, 6.07) is 3.90. The maximum absolute atomic E-state index is 10.4. The van der Waals surface area contributed by atoms with Gasteiger partial charge in [0.1, 0.15) is 0 Å². The molecule has 0 spiro atoms. The molecule has 0 bridgehead atoms. The Hall–Kier alpha value is -0.480. The highest BCUT2D eigenvalue weighted by molar-refractivity contribution is 8.01. The molecule has 0 aliphatic rings. The number of thiophene rings is 1. The van der Waals surface area contributed by atoms with Gasteiger partial charge in [0, 0.05) is 4.88 Å². The summed E-state index contributed by atoms with van der Waals surface area (Å²) in [5.41, 5.74) is 0. The van der Waals surface area contributed by atoms with Crippen LogP contribution in [0.1, 0.15) is 18.2 Å². The van der Waals surface area contributed by atoms with Crippen molar-refractivity contribution in [1.29, 1.82) is 0 Å². The third-order valence-corrected chi connectivity index (χ3v) is 3.93. The van der Waals surface area contributed by atoms with E-state index in [1.165, 1.54) is 4.21 Å². The first-order valence-corrected chi connectivity index (χ1v) is 5.96. The first kappa shape index (κ1) is 10.6. The monoisotopic (exact) mass is 216 g/mol. The second-order valence-electron chi connectivity index (χ2n) is 2.64. The maximum atomic E-state index is 10.4. The van der Waals surface area contributed by atoms with Crippen molar-refractivity contribution in [2.75, 3.05) is 5.75 Å². The minimum Gasteiger partial charge on any atom is -0.481 e. The third-order valence-electron chi connectivity index (χ3n) is 1.41. The van der Waals surface area contributed by atoms with Gasteiger partial charge in [-0.25, -0.2) is 0 Å². The lowest BCUT2D eigenvalue weighted by Crippen LogP contribution is -1.96. The molecule has 1 rings (SSSR count). The molecule has 0 fully saturated rings. The largest absolute Gasteiger partial charge is 0.481 e. The number of carboxylic acid groups (broad SMARTS) is 1. The Kier molecular flexibility index (Phi) is 4.32. The molecule has 0 radical (unpaired) electrons. The Balaban J connectivity index is 2.48. The van der Waals surface area contributed by atoms with Gasteiger partial charge in [0.05, 0.1) is 10.6 Å². The van der Waals surface area contributed by atoms with Crippen molar-refractivity contribution >= 4 is 29.1 Å². The zero-order chi connectivity index (χ0) is 9.68. The quantitative estimate of drug-likeness (QED) is 0.769. The highest BCUT2D eigenvalue weighted by Gasteiger charge is 2.04. The Morgan fingerprint density at radius 1 is 1.62 bits per heavy atom. The van der Waals surface area contributed by atoms with E-state index in [-0.39, 0.29) is 6.42 Å². The van der Waals surface area contributed by atoms with Crippen LogP contribution in [0.3, 0.4) is 0 Å². The Morgan fingerprint density at radius 3 is 3.00 bits per heavy atom. The molecule has 0 aliphatic heterocycles. The molecule has 0 atom stereocenters. The zero-order valence-corrected chi connectivity index (χ0v) is 9.08. The lowest BCUT2D eigenvalue weighted by atomic mass is 10.3. The van der Waals surface area contributed by atoms with Gasteiger partial charge in [-0.15, -0.1) is 23.1 Å². The van der Waals surface area contributed by atoms with Crippen LogP contribution < -0.4 is 0 Å². The van der Waals surface area contributed by atoms with Gasteiger partial charge in [0.2, 0.25) is 0 Å². The van der Waals surface area contributed by atoms with Gasteiger partial charge in [-0.2, -0.15) is 0 Å². The van der Waals surface area contributed by atoms with E-state index in [0.29, 0.717) is 0 Å². The fraction of sp³-hybridized carbons (Fsp3) is 0.444. The first-order valence-electron chi connectivity index (χ1n) is 4.15. The summed E-state index contributed by atoms with van der Waals surface area (Å²) in [5.74, 6) is 0.349. The van der Waals surface area contributed by atoms with Crippen LogP contribution in [0.2, 0.25) is 0 Å². The van der Waals surface area contributed by atoms with Crippen LogP contribution in [0.15, 0.2) is 16.3 Å². The van der Waals surface area contributed by atoms with Crippen LogP contribution in [0, 0.1) is 0 Å². The summed E-state index contributed by atoms with van der Waals surface area (Å²) in [5, 5.41) is 8.55. The van der Waals surface area contributed by atoms with Crippen LogP contribution in [0.25, 0.3) is 0 Å². The van der Waals surface area contributed by atoms with Gasteiger partial charge in [-0.3, -0.25) is 4.79 Å². The SMILES string of the molecule is CCCSc1ccc(CC(=O)O)s1. The minimum absolute atomic E-state index is 0.150. The molecule has 1 aromatic rings. The molecule has 0 unspecified atom stereocenters. The molecule has 1 heterocycles. The standard InChI is InChI=1S/C9H12O2S2/c1-2-5-12-9-4-3-7(13-9)6-8(10)11/h3-4H,2,5-6H2,1H3,(H,10,11). The first-order chi connectivity index (χ1) is 6.22. The Morgan fingerprint density at radius 2 is 2.38 bits per heavy atom. The number of aliphatic carboxylic acids is 1. The molecule has 72 valence electrons. The maximum Gasteiger partial charge on any atom is 0.308 e.